The van der Waals surface area contributed by atoms with Crippen molar-refractivity contribution >= 4 is 29.4 Å². The number of hydrogen-bond acceptors (Lipinski definition) is 5. The zero-order valence-electron chi connectivity index (χ0n) is 11.8. The first kappa shape index (κ1) is 16.4. The van der Waals surface area contributed by atoms with E-state index in [0.29, 0.717) is 5.56 Å². The molecule has 0 aliphatic rings. The monoisotopic (exact) mass is 333 g/mol. The number of rotatable bonds is 4. The van der Waals surface area contributed by atoms with Gasteiger partial charge >= 0.3 is 5.97 Å². The van der Waals surface area contributed by atoms with E-state index in [2.05, 4.69) is 15.8 Å². The summed E-state index contributed by atoms with van der Waals surface area (Å²) in [6.07, 6.45) is 1.42. The van der Waals surface area contributed by atoms with Crippen LogP contribution in [0.2, 0.25) is 5.15 Å². The van der Waals surface area contributed by atoms with Crippen molar-refractivity contribution in [1.82, 2.24) is 15.8 Å². The van der Waals surface area contributed by atoms with Gasteiger partial charge in [-0.2, -0.15) is 0 Å². The maximum atomic E-state index is 11.7. The average Bonchev–Trinajstić information content (AvgIpc) is 2.58. The molecule has 0 fully saturated rings. The van der Waals surface area contributed by atoms with Crippen LogP contribution in [0.3, 0.4) is 0 Å². The molecule has 2 N–H and O–H groups in total. The summed E-state index contributed by atoms with van der Waals surface area (Å²) in [5.74, 6) is -1.96. The summed E-state index contributed by atoms with van der Waals surface area (Å²) in [5, 5.41) is -0.0183. The zero-order valence-corrected chi connectivity index (χ0v) is 12.5. The average molecular weight is 334 g/mol. The molecule has 0 saturated heterocycles. The summed E-state index contributed by atoms with van der Waals surface area (Å²) >= 11 is 5.74. The number of aromatic nitrogens is 1. The second-order valence-corrected chi connectivity index (χ2v) is 4.64. The molecule has 1 aromatic carbocycles. The van der Waals surface area contributed by atoms with E-state index in [1.54, 1.807) is 30.3 Å². The van der Waals surface area contributed by atoms with Crippen LogP contribution in [0.5, 0.6) is 0 Å². The molecule has 0 spiro atoms. The van der Waals surface area contributed by atoms with E-state index >= 15 is 0 Å². The molecule has 0 aliphatic heterocycles. The number of halogens is 1. The van der Waals surface area contributed by atoms with Crippen LogP contribution in [0.25, 0.3) is 0 Å². The molecule has 1 heterocycles. The van der Waals surface area contributed by atoms with Gasteiger partial charge in [0.25, 0.3) is 11.8 Å². The Kier molecular flexibility index (Phi) is 5.65. The van der Waals surface area contributed by atoms with E-state index in [9.17, 15) is 14.4 Å². The van der Waals surface area contributed by atoms with Gasteiger partial charge in [-0.05, 0) is 24.3 Å². The van der Waals surface area contributed by atoms with Gasteiger partial charge in [0.1, 0.15) is 5.15 Å². The fourth-order valence-electron chi connectivity index (χ4n) is 1.57. The molecule has 23 heavy (non-hydrogen) atoms. The second kappa shape index (κ2) is 7.90. The quantitative estimate of drug-likeness (QED) is 0.500. The number of nitrogens with zero attached hydrogens (tertiary/aromatic N) is 1. The highest BCUT2D eigenvalue weighted by molar-refractivity contribution is 6.32. The van der Waals surface area contributed by atoms with Gasteiger partial charge in [-0.15, -0.1) is 0 Å². The van der Waals surface area contributed by atoms with Crippen LogP contribution in [0, 0.1) is 0 Å². The van der Waals surface area contributed by atoms with Gasteiger partial charge in [0.05, 0.1) is 5.56 Å². The van der Waals surface area contributed by atoms with Crippen molar-refractivity contribution in [3.05, 3.63) is 64.9 Å². The van der Waals surface area contributed by atoms with Crippen LogP contribution in [0.1, 0.15) is 20.7 Å². The number of carbonyl (C=O) groups excluding carboxylic acids is 3. The highest BCUT2D eigenvalue weighted by atomic mass is 35.5. The Morgan fingerprint density at radius 3 is 2.48 bits per heavy atom. The summed E-state index contributed by atoms with van der Waals surface area (Å²) in [4.78, 5) is 38.7. The Morgan fingerprint density at radius 1 is 1.04 bits per heavy atom. The molecule has 8 heteroatoms. The van der Waals surface area contributed by atoms with Gasteiger partial charge in [-0.25, -0.2) is 9.78 Å². The molecule has 0 radical (unpaired) electrons. The number of pyridine rings is 1. The predicted molar refractivity (Wildman–Crippen MR) is 81.6 cm³/mol. The zero-order chi connectivity index (χ0) is 16.7. The number of hydrogen-bond donors (Lipinski definition) is 2. The number of carbonyl (C=O) groups is 3. The standard InChI is InChI=1S/C15H12ClN3O4/c16-13-11(7-4-8-17-13)15(22)23-9-12(20)18-19-14(21)10-5-2-1-3-6-10/h1-8H,9H2,(H,18,20)(H,19,21). The minimum atomic E-state index is -0.785. The van der Waals surface area contributed by atoms with Crippen LogP contribution < -0.4 is 10.9 Å². The van der Waals surface area contributed by atoms with Crippen LogP contribution in [-0.2, 0) is 9.53 Å². The third kappa shape index (κ3) is 4.79. The van der Waals surface area contributed by atoms with E-state index < -0.39 is 24.4 Å². The first-order valence-electron chi connectivity index (χ1n) is 6.50. The number of nitrogens with one attached hydrogen (secondary N) is 2. The number of hydrazine groups is 1. The first-order chi connectivity index (χ1) is 11.1. The fourth-order valence-corrected chi connectivity index (χ4v) is 1.77. The molecular weight excluding hydrogens is 322 g/mol. The smallest absolute Gasteiger partial charge is 0.341 e. The maximum Gasteiger partial charge on any atom is 0.341 e. The summed E-state index contributed by atoms with van der Waals surface area (Å²) in [7, 11) is 0. The van der Waals surface area contributed by atoms with Gasteiger partial charge in [0, 0.05) is 11.8 Å². The molecule has 1 aromatic heterocycles. The first-order valence-corrected chi connectivity index (χ1v) is 6.87. The Morgan fingerprint density at radius 2 is 1.78 bits per heavy atom. The largest absolute Gasteiger partial charge is 0.452 e. The fraction of sp³-hybridized carbons (Fsp3) is 0.0667. The molecule has 0 atom stereocenters. The van der Waals surface area contributed by atoms with Gasteiger partial charge in [0.2, 0.25) is 0 Å². The number of esters is 1. The molecule has 2 aromatic rings. The van der Waals surface area contributed by atoms with Crippen molar-refractivity contribution in [1.29, 1.82) is 0 Å². The van der Waals surface area contributed by atoms with E-state index in [1.165, 1.54) is 18.3 Å². The minimum absolute atomic E-state index is 0.0183. The SMILES string of the molecule is O=C(COC(=O)c1cccnc1Cl)NNC(=O)c1ccccc1. The molecule has 0 saturated carbocycles. The van der Waals surface area contributed by atoms with E-state index in [1.807, 2.05) is 0 Å². The van der Waals surface area contributed by atoms with Crippen LogP contribution >= 0.6 is 11.6 Å². The Hall–Kier alpha value is -2.93. The topological polar surface area (TPSA) is 97.4 Å². The van der Waals surface area contributed by atoms with E-state index in [-0.39, 0.29) is 10.7 Å². The lowest BCUT2D eigenvalue weighted by molar-refractivity contribution is -0.125. The number of amides is 2. The molecule has 2 rings (SSSR count). The normalized spacial score (nSPS) is 9.78. The van der Waals surface area contributed by atoms with Gasteiger partial charge in [0.15, 0.2) is 6.61 Å². The highest BCUT2D eigenvalue weighted by Gasteiger charge is 2.14. The van der Waals surface area contributed by atoms with Crippen molar-refractivity contribution in [2.24, 2.45) is 0 Å². The van der Waals surface area contributed by atoms with Crippen molar-refractivity contribution < 1.29 is 19.1 Å². The van der Waals surface area contributed by atoms with Gasteiger partial charge < -0.3 is 4.74 Å². The molecule has 0 bridgehead atoms. The van der Waals surface area contributed by atoms with Gasteiger partial charge in [-0.3, -0.25) is 20.4 Å². The van der Waals surface area contributed by atoms with Crippen molar-refractivity contribution in [2.45, 2.75) is 0 Å². The number of benzene rings is 1. The van der Waals surface area contributed by atoms with E-state index in [0.717, 1.165) is 0 Å². The summed E-state index contributed by atoms with van der Waals surface area (Å²) in [6.45, 7) is -0.570. The van der Waals surface area contributed by atoms with Crippen molar-refractivity contribution in [3.63, 3.8) is 0 Å². The lowest BCUT2D eigenvalue weighted by Gasteiger charge is -2.08. The predicted octanol–water partition coefficient (Wildman–Crippen LogP) is 1.35. The second-order valence-electron chi connectivity index (χ2n) is 4.29. The molecule has 0 unspecified atom stereocenters. The summed E-state index contributed by atoms with van der Waals surface area (Å²) in [5.41, 5.74) is 4.78. The third-order valence-corrected chi connectivity index (χ3v) is 2.97. The molecule has 2 amide bonds. The molecule has 118 valence electrons. The van der Waals surface area contributed by atoms with Crippen molar-refractivity contribution in [2.75, 3.05) is 6.61 Å². The Balaban J connectivity index is 1.78. The van der Waals surface area contributed by atoms with Gasteiger partial charge in [-0.1, -0.05) is 29.8 Å². The number of ether oxygens (including phenoxy) is 1. The summed E-state index contributed by atoms with van der Waals surface area (Å²) in [6, 6.07) is 11.3. The molecular formula is C15H12ClN3O4. The Labute approximate surface area is 136 Å². The summed E-state index contributed by atoms with van der Waals surface area (Å²) < 4.78 is 4.78. The van der Waals surface area contributed by atoms with Crippen molar-refractivity contribution in [3.8, 4) is 0 Å². The van der Waals surface area contributed by atoms with Crippen LogP contribution in [0.4, 0.5) is 0 Å². The van der Waals surface area contributed by atoms with Crippen LogP contribution in [-0.4, -0.2) is 29.4 Å². The minimum Gasteiger partial charge on any atom is -0.452 e. The molecule has 0 aliphatic carbocycles. The van der Waals surface area contributed by atoms with Crippen LogP contribution in [0.15, 0.2) is 48.7 Å². The lowest BCUT2D eigenvalue weighted by Crippen LogP contribution is -2.43. The lowest BCUT2D eigenvalue weighted by atomic mass is 10.2. The van der Waals surface area contributed by atoms with E-state index in [4.69, 9.17) is 16.3 Å². The molecule has 7 nitrogen and oxygen atoms in total. The maximum absolute atomic E-state index is 11.7. The third-order valence-electron chi connectivity index (χ3n) is 2.66. The Bertz CT molecular complexity index is 722. The highest BCUT2D eigenvalue weighted by Crippen LogP contribution is 2.12.